The summed E-state index contributed by atoms with van der Waals surface area (Å²) in [5.74, 6) is 3.06. The molecule has 0 saturated carbocycles. The molecule has 8 aromatic carbocycles. The zero-order valence-electron chi connectivity index (χ0n) is 37.3. The number of ether oxygens (including phenoxy) is 2. The average molecular weight is 830 g/mol. The number of nitrogens with zero attached hydrogens (tertiary/aromatic N) is 2. The molecule has 63 heavy (non-hydrogen) atoms. The highest BCUT2D eigenvalue weighted by molar-refractivity contribution is 6.14. The van der Waals surface area contributed by atoms with Crippen molar-refractivity contribution in [1.29, 1.82) is 0 Å². The summed E-state index contributed by atoms with van der Waals surface area (Å²) in [6.45, 7) is 20.0. The summed E-state index contributed by atoms with van der Waals surface area (Å²) in [5.41, 5.74) is 13.9. The standard InChI is InChI=1S/C26H16O2.C21H23N.C8H9N.C2H6.CH5N/c1-2-8-17(9-3-1)18-14-15-23-24(16-18)28-26-22-13-7-5-11-20(22)19-10-4-6-12-21(19)25(26)27-23;1-5-9-17(6-2)21(22-4)20-13-8-12-19(15-20)18-11-7-10-16(3)14-18;1-9-7-8-5-3-2-4-6-8;2*1-2/h1-16H;6-15,21H,2,4-5H2,1,3H3;2-6H,1,7H2;1-2H3;2H2,1H3/b;17-9+;;;. The van der Waals surface area contributed by atoms with Gasteiger partial charge in [-0.1, -0.05) is 203 Å². The van der Waals surface area contributed by atoms with E-state index in [1.165, 1.54) is 40.1 Å². The van der Waals surface area contributed by atoms with E-state index in [0.29, 0.717) is 0 Å². The molecule has 0 amide bonds. The zero-order chi connectivity index (χ0) is 45.0. The van der Waals surface area contributed by atoms with E-state index in [1.807, 2.05) is 86.7 Å². The Morgan fingerprint density at radius 1 is 0.571 bits per heavy atom. The molecule has 0 aromatic heterocycles. The number of aryl methyl sites for hydroxylation is 1. The van der Waals surface area contributed by atoms with E-state index in [0.717, 1.165) is 69.0 Å². The second-order valence-electron chi connectivity index (χ2n) is 14.2. The molecule has 2 N–H and O–H groups in total. The fourth-order valence-electron chi connectivity index (χ4n) is 7.35. The van der Waals surface area contributed by atoms with Crippen LogP contribution >= 0.6 is 0 Å². The van der Waals surface area contributed by atoms with Gasteiger partial charge >= 0.3 is 0 Å². The molecule has 8 aromatic rings. The number of aliphatic imine (C=N–C) groups is 2. The van der Waals surface area contributed by atoms with Crippen molar-refractivity contribution >= 4 is 35.0 Å². The molecule has 1 atom stereocenters. The number of rotatable bonds is 9. The molecule has 0 aliphatic carbocycles. The van der Waals surface area contributed by atoms with Crippen molar-refractivity contribution in [3.63, 3.8) is 0 Å². The van der Waals surface area contributed by atoms with Crippen molar-refractivity contribution in [1.82, 2.24) is 0 Å². The molecule has 318 valence electrons. The lowest BCUT2D eigenvalue weighted by atomic mass is 9.94. The first-order chi connectivity index (χ1) is 31.0. The number of fused-ring (bicyclic) bond motifs is 7. The quantitative estimate of drug-likeness (QED) is 0.0895. The van der Waals surface area contributed by atoms with E-state index >= 15 is 0 Å². The summed E-state index contributed by atoms with van der Waals surface area (Å²) >= 11 is 0. The van der Waals surface area contributed by atoms with Gasteiger partial charge in [0.2, 0.25) is 0 Å². The molecular formula is C58H59N3O2. The third-order valence-corrected chi connectivity index (χ3v) is 10.2. The largest absolute Gasteiger partial charge is 0.449 e. The number of allylic oxidation sites excluding steroid dienone is 1. The van der Waals surface area contributed by atoms with Gasteiger partial charge in [-0.25, -0.2) is 0 Å². The Hall–Kier alpha value is -7.34. The highest BCUT2D eigenvalue weighted by atomic mass is 16.6. The molecule has 0 bridgehead atoms. The van der Waals surface area contributed by atoms with Crippen molar-refractivity contribution in [2.75, 3.05) is 7.05 Å². The van der Waals surface area contributed by atoms with Gasteiger partial charge in [0, 0.05) is 10.8 Å². The number of hydrogen-bond donors (Lipinski definition) is 1. The fraction of sp³-hybridized carbons (Fsp3) is 0.138. The van der Waals surface area contributed by atoms with E-state index in [4.69, 9.17) is 9.47 Å². The van der Waals surface area contributed by atoms with Crippen molar-refractivity contribution < 1.29 is 9.47 Å². The molecule has 5 heteroatoms. The van der Waals surface area contributed by atoms with E-state index in [9.17, 15) is 0 Å². The molecule has 1 aliphatic heterocycles. The minimum atomic E-state index is -0.0535. The predicted octanol–water partition coefficient (Wildman–Crippen LogP) is 16.0. The first-order valence-electron chi connectivity index (χ1n) is 21.5. The Morgan fingerprint density at radius 3 is 1.63 bits per heavy atom. The molecule has 0 radical (unpaired) electrons. The van der Waals surface area contributed by atoms with Crippen LogP contribution in [0, 0.1) is 6.92 Å². The van der Waals surface area contributed by atoms with Crippen LogP contribution in [-0.4, -0.2) is 20.5 Å². The van der Waals surface area contributed by atoms with E-state index < -0.39 is 0 Å². The smallest absolute Gasteiger partial charge is 0.178 e. The minimum absolute atomic E-state index is 0.0535. The van der Waals surface area contributed by atoms with Crippen molar-refractivity contribution in [3.8, 4) is 45.3 Å². The van der Waals surface area contributed by atoms with E-state index in [1.54, 1.807) is 0 Å². The molecule has 5 nitrogen and oxygen atoms in total. The summed E-state index contributed by atoms with van der Waals surface area (Å²) in [6.07, 6.45) is 5.00. The highest BCUT2D eigenvalue weighted by Crippen LogP contribution is 2.53. The number of benzene rings is 8. The zero-order valence-corrected chi connectivity index (χ0v) is 37.3. The second kappa shape index (κ2) is 24.2. The Labute approximate surface area is 374 Å². The van der Waals surface area contributed by atoms with Gasteiger partial charge in [-0.05, 0) is 102 Å². The first-order valence-corrected chi connectivity index (χ1v) is 21.5. The van der Waals surface area contributed by atoms with Crippen LogP contribution in [-0.2, 0) is 6.54 Å². The van der Waals surface area contributed by atoms with Crippen molar-refractivity contribution in [2.45, 2.75) is 46.7 Å². The normalized spacial score (nSPS) is 11.3. The average Bonchev–Trinajstić information content (AvgIpc) is 3.36. The summed E-state index contributed by atoms with van der Waals surface area (Å²) in [5, 5.41) is 4.47. The van der Waals surface area contributed by atoms with Crippen LogP contribution in [0.25, 0.3) is 43.8 Å². The van der Waals surface area contributed by atoms with Crippen molar-refractivity contribution in [3.05, 3.63) is 217 Å². The van der Waals surface area contributed by atoms with Crippen LogP contribution in [0.15, 0.2) is 210 Å². The Bertz CT molecular complexity index is 2760. The lowest BCUT2D eigenvalue weighted by Crippen LogP contribution is -2.01. The van der Waals surface area contributed by atoms with Gasteiger partial charge in [0.05, 0.1) is 12.6 Å². The molecule has 1 aliphatic rings. The van der Waals surface area contributed by atoms with Gasteiger partial charge in [-0.2, -0.15) is 0 Å². The van der Waals surface area contributed by atoms with Crippen LogP contribution in [0.5, 0.6) is 23.0 Å². The van der Waals surface area contributed by atoms with E-state index in [-0.39, 0.29) is 6.04 Å². The molecule has 0 spiro atoms. The number of nitrogens with two attached hydrogens (primary N) is 1. The Morgan fingerprint density at radius 2 is 1.08 bits per heavy atom. The summed E-state index contributed by atoms with van der Waals surface area (Å²) in [4.78, 5) is 8.07. The SMILES string of the molecule is C=C/C(=C\CC)C(N=C)c1cccc(-c2cccc(C)c2)c1.C=NCc1ccccc1.CC.CN.c1ccc(-c2ccc3c(c2)Oc2c(c4ccccc4c4ccccc24)O3)cc1. The van der Waals surface area contributed by atoms with Crippen molar-refractivity contribution in [2.24, 2.45) is 15.7 Å². The van der Waals surface area contributed by atoms with Crippen LogP contribution in [0.4, 0.5) is 0 Å². The Balaban J connectivity index is 0.000000190. The lowest BCUT2D eigenvalue weighted by Gasteiger charge is -2.24. The molecule has 0 fully saturated rings. The molecule has 1 heterocycles. The first kappa shape index (κ1) is 46.7. The summed E-state index contributed by atoms with van der Waals surface area (Å²) in [7, 11) is 1.50. The minimum Gasteiger partial charge on any atom is -0.449 e. The van der Waals surface area contributed by atoms with Gasteiger partial charge in [0.1, 0.15) is 0 Å². The maximum absolute atomic E-state index is 6.44. The van der Waals surface area contributed by atoms with Crippen LogP contribution in [0.2, 0.25) is 0 Å². The lowest BCUT2D eigenvalue weighted by molar-refractivity contribution is 0.367. The number of hydrogen-bond acceptors (Lipinski definition) is 5. The third kappa shape index (κ3) is 11.7. The summed E-state index contributed by atoms with van der Waals surface area (Å²) < 4.78 is 12.8. The van der Waals surface area contributed by atoms with E-state index in [2.05, 4.69) is 165 Å². The third-order valence-electron chi connectivity index (χ3n) is 10.2. The molecule has 0 saturated heterocycles. The second-order valence-corrected chi connectivity index (χ2v) is 14.2. The monoisotopic (exact) mass is 829 g/mol. The summed E-state index contributed by atoms with van der Waals surface area (Å²) in [6, 6.07) is 60.1. The van der Waals surface area contributed by atoms with Gasteiger partial charge in [-0.15, -0.1) is 0 Å². The molecular weight excluding hydrogens is 771 g/mol. The predicted molar refractivity (Wildman–Crippen MR) is 272 cm³/mol. The van der Waals surface area contributed by atoms with Crippen LogP contribution in [0.3, 0.4) is 0 Å². The highest BCUT2D eigenvalue weighted by Gasteiger charge is 2.25. The van der Waals surface area contributed by atoms with Gasteiger partial charge in [-0.3, -0.25) is 9.98 Å². The Kier molecular flexibility index (Phi) is 17.9. The van der Waals surface area contributed by atoms with Gasteiger partial charge in [0.15, 0.2) is 23.0 Å². The van der Waals surface area contributed by atoms with Gasteiger partial charge in [0.25, 0.3) is 0 Å². The molecule has 9 rings (SSSR count). The maximum Gasteiger partial charge on any atom is 0.178 e. The van der Waals surface area contributed by atoms with Crippen LogP contribution in [0.1, 0.15) is 49.9 Å². The fourth-order valence-corrected chi connectivity index (χ4v) is 7.35. The van der Waals surface area contributed by atoms with Gasteiger partial charge < -0.3 is 15.2 Å². The molecule has 1 unspecified atom stereocenters. The maximum atomic E-state index is 6.44. The topological polar surface area (TPSA) is 69.2 Å². The van der Waals surface area contributed by atoms with Crippen LogP contribution < -0.4 is 15.2 Å².